The minimum atomic E-state index is 0.579. The van der Waals surface area contributed by atoms with Gasteiger partial charge >= 0.3 is 0 Å². The number of nitrogens with zero attached hydrogens (tertiary/aromatic N) is 4. The minimum absolute atomic E-state index is 0.579. The van der Waals surface area contributed by atoms with E-state index in [4.69, 9.17) is 23.8 Å². The lowest BCUT2D eigenvalue weighted by Crippen LogP contribution is -2.00. The zero-order valence-corrected chi connectivity index (χ0v) is 28.8. The minimum Gasteiger partial charge on any atom is -0.456 e. The normalized spacial score (nSPS) is 11.7. The van der Waals surface area contributed by atoms with Gasteiger partial charge in [0.15, 0.2) is 23.1 Å². The third kappa shape index (κ3) is 4.81. The maximum absolute atomic E-state index is 6.24. The van der Waals surface area contributed by atoms with Gasteiger partial charge in [-0.15, -0.1) is 0 Å². The summed E-state index contributed by atoms with van der Waals surface area (Å²) in [4.78, 5) is 19.4. The summed E-state index contributed by atoms with van der Waals surface area (Å²) in [5.41, 5.74) is 10.5. The lowest BCUT2D eigenvalue weighted by atomic mass is 9.90. The molecule has 0 radical (unpaired) electrons. The Hall–Kier alpha value is -7.44. The zero-order chi connectivity index (χ0) is 35.6. The van der Waals surface area contributed by atoms with Gasteiger partial charge in [-0.05, 0) is 57.3 Å². The molecule has 0 N–H and O–H groups in total. The Morgan fingerprint density at radius 2 is 0.852 bits per heavy atom. The van der Waals surface area contributed by atoms with Gasteiger partial charge in [-0.25, -0.2) is 15.0 Å². The summed E-state index contributed by atoms with van der Waals surface area (Å²) in [6.45, 7) is 0. The second-order valence-electron chi connectivity index (χ2n) is 13.4. The second kappa shape index (κ2) is 12.1. The highest BCUT2D eigenvalue weighted by Crippen LogP contribution is 2.42. The molecule has 6 heteroatoms. The third-order valence-electron chi connectivity index (χ3n) is 10.3. The summed E-state index contributed by atoms with van der Waals surface area (Å²) in [5.74, 6) is 1.78. The molecule has 0 amide bonds. The Morgan fingerprint density at radius 1 is 0.315 bits per heavy atom. The van der Waals surface area contributed by atoms with Gasteiger partial charge in [0.2, 0.25) is 0 Å². The van der Waals surface area contributed by atoms with E-state index in [1.807, 2.05) is 72.8 Å². The molecule has 54 heavy (non-hydrogen) atoms. The first-order valence-electron chi connectivity index (χ1n) is 17.9. The molecule has 0 aliphatic heterocycles. The molecule has 6 nitrogen and oxygen atoms in total. The van der Waals surface area contributed by atoms with Crippen molar-refractivity contribution in [1.82, 2.24) is 19.9 Å². The molecule has 11 aromatic rings. The molecule has 0 fully saturated rings. The van der Waals surface area contributed by atoms with Crippen molar-refractivity contribution in [3.05, 3.63) is 170 Å². The Balaban J connectivity index is 1.04. The fourth-order valence-electron chi connectivity index (χ4n) is 7.79. The van der Waals surface area contributed by atoms with E-state index in [9.17, 15) is 0 Å². The summed E-state index contributed by atoms with van der Waals surface area (Å²) in [6, 6.07) is 54.2. The van der Waals surface area contributed by atoms with Crippen LogP contribution in [0.25, 0.3) is 111 Å². The lowest BCUT2D eigenvalue weighted by molar-refractivity contribution is 0.667. The molecule has 4 heterocycles. The Labute approximate surface area is 309 Å². The number of aromatic nitrogens is 4. The van der Waals surface area contributed by atoms with Crippen molar-refractivity contribution in [2.24, 2.45) is 0 Å². The monoisotopic (exact) mass is 692 g/mol. The first-order valence-corrected chi connectivity index (χ1v) is 17.9. The average Bonchev–Trinajstić information content (AvgIpc) is 3.82. The van der Waals surface area contributed by atoms with Gasteiger partial charge < -0.3 is 8.83 Å². The lowest BCUT2D eigenvalue weighted by Gasteiger charge is -2.13. The van der Waals surface area contributed by atoms with Gasteiger partial charge in [0.1, 0.15) is 16.7 Å². The van der Waals surface area contributed by atoms with E-state index >= 15 is 0 Å². The molecule has 7 aromatic carbocycles. The summed E-state index contributed by atoms with van der Waals surface area (Å²) in [6.07, 6.45) is 3.52. The highest BCUT2D eigenvalue weighted by atomic mass is 16.3. The van der Waals surface area contributed by atoms with Crippen LogP contribution in [-0.4, -0.2) is 19.9 Å². The van der Waals surface area contributed by atoms with Crippen LogP contribution < -0.4 is 0 Å². The van der Waals surface area contributed by atoms with Gasteiger partial charge in [-0.2, -0.15) is 0 Å². The Bertz CT molecular complexity index is 3220. The zero-order valence-electron chi connectivity index (χ0n) is 28.8. The maximum Gasteiger partial charge on any atom is 0.164 e. The van der Waals surface area contributed by atoms with Crippen LogP contribution in [-0.2, 0) is 0 Å². The number of fused-ring (bicyclic) bond motifs is 7. The molecule has 0 bridgehead atoms. The Kier molecular flexibility index (Phi) is 6.75. The van der Waals surface area contributed by atoms with Crippen molar-refractivity contribution in [2.75, 3.05) is 0 Å². The Morgan fingerprint density at radius 3 is 1.63 bits per heavy atom. The third-order valence-corrected chi connectivity index (χ3v) is 10.3. The fourth-order valence-corrected chi connectivity index (χ4v) is 7.79. The van der Waals surface area contributed by atoms with Gasteiger partial charge in [0.05, 0.1) is 6.20 Å². The molecule has 0 saturated heterocycles. The largest absolute Gasteiger partial charge is 0.456 e. The number of hydrogen-bond donors (Lipinski definition) is 0. The molecule has 0 atom stereocenters. The van der Waals surface area contributed by atoms with E-state index in [0.717, 1.165) is 77.3 Å². The molecular weight excluding hydrogens is 665 g/mol. The maximum atomic E-state index is 6.24. The van der Waals surface area contributed by atoms with Crippen molar-refractivity contribution in [1.29, 1.82) is 0 Å². The number of para-hydroxylation sites is 1. The molecule has 252 valence electrons. The first kappa shape index (κ1) is 30.2. The van der Waals surface area contributed by atoms with Gasteiger partial charge in [-0.1, -0.05) is 133 Å². The van der Waals surface area contributed by atoms with Crippen LogP contribution in [0.4, 0.5) is 0 Å². The van der Waals surface area contributed by atoms with Crippen molar-refractivity contribution in [3.8, 4) is 56.4 Å². The summed E-state index contributed by atoms with van der Waals surface area (Å²) >= 11 is 0. The van der Waals surface area contributed by atoms with E-state index in [1.54, 1.807) is 12.4 Å². The molecule has 11 rings (SSSR count). The number of benzene rings is 7. The van der Waals surface area contributed by atoms with Crippen LogP contribution in [0, 0.1) is 0 Å². The van der Waals surface area contributed by atoms with Gasteiger partial charge in [0.25, 0.3) is 0 Å². The fraction of sp³-hybridized carbons (Fsp3) is 0. The number of furan rings is 2. The highest BCUT2D eigenvalue weighted by molar-refractivity contribution is 6.16. The van der Waals surface area contributed by atoms with Gasteiger partial charge in [0, 0.05) is 44.4 Å². The van der Waals surface area contributed by atoms with Crippen LogP contribution in [0.5, 0.6) is 0 Å². The van der Waals surface area contributed by atoms with Crippen molar-refractivity contribution >= 4 is 54.6 Å². The second-order valence-corrected chi connectivity index (χ2v) is 13.4. The van der Waals surface area contributed by atoms with Crippen molar-refractivity contribution < 1.29 is 8.83 Å². The summed E-state index contributed by atoms with van der Waals surface area (Å²) in [7, 11) is 0. The molecule has 0 aliphatic carbocycles. The first-order chi connectivity index (χ1) is 26.8. The summed E-state index contributed by atoms with van der Waals surface area (Å²) in [5, 5.41) is 6.54. The molecule has 0 spiro atoms. The van der Waals surface area contributed by atoms with Gasteiger partial charge in [-0.3, -0.25) is 4.98 Å². The standard InChI is InChI=1S/C48H28N4O2/c1-2-10-30(11-3-1)46-50-47(52-48(51-46)39-16-9-19-42-45(39)38-26-27-49-28-43(38)54-42)31-22-20-29(21-23-31)32-24-25-35(34-13-5-4-12-33(32)34)36-15-8-18-41-44(36)37-14-6-7-17-40(37)53-41/h1-28H. The van der Waals surface area contributed by atoms with Crippen molar-refractivity contribution in [2.45, 2.75) is 0 Å². The van der Waals surface area contributed by atoms with E-state index in [2.05, 4.69) is 89.9 Å². The number of rotatable bonds is 5. The predicted molar refractivity (Wildman–Crippen MR) is 217 cm³/mol. The number of hydrogen-bond acceptors (Lipinski definition) is 6. The topological polar surface area (TPSA) is 77.8 Å². The highest BCUT2D eigenvalue weighted by Gasteiger charge is 2.19. The van der Waals surface area contributed by atoms with Crippen LogP contribution >= 0.6 is 0 Å². The number of pyridine rings is 1. The smallest absolute Gasteiger partial charge is 0.164 e. The predicted octanol–water partition coefficient (Wildman–Crippen LogP) is 12.6. The molecule has 0 aliphatic rings. The molecule has 0 saturated carbocycles. The quantitative estimate of drug-likeness (QED) is 0.179. The van der Waals surface area contributed by atoms with Crippen molar-refractivity contribution in [3.63, 3.8) is 0 Å². The van der Waals surface area contributed by atoms with Crippen LogP contribution in [0.15, 0.2) is 179 Å². The molecule has 4 aromatic heterocycles. The molecular formula is C48H28N4O2. The summed E-state index contributed by atoms with van der Waals surface area (Å²) < 4.78 is 12.4. The van der Waals surface area contributed by atoms with E-state index in [-0.39, 0.29) is 0 Å². The van der Waals surface area contributed by atoms with Crippen LogP contribution in [0.2, 0.25) is 0 Å². The van der Waals surface area contributed by atoms with Crippen LogP contribution in [0.3, 0.4) is 0 Å². The van der Waals surface area contributed by atoms with E-state index in [1.165, 1.54) is 16.3 Å². The SMILES string of the molecule is c1ccc(-c2nc(-c3ccc(-c4ccc(-c5cccc6oc7ccccc7c56)c5ccccc45)cc3)nc(-c3cccc4oc5cnccc5c34)n2)cc1. The van der Waals surface area contributed by atoms with E-state index < -0.39 is 0 Å². The average molecular weight is 693 g/mol. The molecule has 0 unspecified atom stereocenters. The van der Waals surface area contributed by atoms with E-state index in [0.29, 0.717) is 17.5 Å². The van der Waals surface area contributed by atoms with Crippen LogP contribution in [0.1, 0.15) is 0 Å².